The van der Waals surface area contributed by atoms with Gasteiger partial charge in [-0.2, -0.15) is 0 Å². The third-order valence-corrected chi connectivity index (χ3v) is 4.55. The quantitative estimate of drug-likeness (QED) is 0.593. The molecule has 3 aromatic carbocycles. The minimum Gasteiger partial charge on any atom is -0.352 e. The maximum absolute atomic E-state index is 12.6. The van der Waals surface area contributed by atoms with Gasteiger partial charge in [0.05, 0.1) is 0 Å². The smallest absolute Gasteiger partial charge is 0.312 e. The van der Waals surface area contributed by atoms with Gasteiger partial charge in [0.1, 0.15) is 0 Å². The van der Waals surface area contributed by atoms with Crippen molar-refractivity contribution in [2.24, 2.45) is 5.73 Å². The number of rotatable bonds is 7. The van der Waals surface area contributed by atoms with Crippen molar-refractivity contribution in [3.05, 3.63) is 107 Å². The van der Waals surface area contributed by atoms with E-state index in [2.05, 4.69) is 34.9 Å². The Balaban J connectivity index is 1.68. The molecule has 0 heterocycles. The number of primary amides is 1. The SMILES string of the molecule is NC(=O)NCc1ccc(C(=O)NCC(c2ccccc2)c2ccccc2)cc1. The van der Waals surface area contributed by atoms with E-state index >= 15 is 0 Å². The highest BCUT2D eigenvalue weighted by molar-refractivity contribution is 5.94. The van der Waals surface area contributed by atoms with Crippen LogP contribution < -0.4 is 16.4 Å². The number of urea groups is 1. The van der Waals surface area contributed by atoms with Crippen molar-refractivity contribution >= 4 is 11.9 Å². The highest BCUT2D eigenvalue weighted by Gasteiger charge is 2.15. The van der Waals surface area contributed by atoms with E-state index in [0.29, 0.717) is 18.7 Å². The first-order valence-electron chi connectivity index (χ1n) is 9.14. The van der Waals surface area contributed by atoms with Gasteiger partial charge in [-0.1, -0.05) is 72.8 Å². The molecule has 5 heteroatoms. The Hall–Kier alpha value is -3.60. The maximum Gasteiger partial charge on any atom is 0.312 e. The fourth-order valence-electron chi connectivity index (χ4n) is 3.06. The van der Waals surface area contributed by atoms with E-state index in [4.69, 9.17) is 5.73 Å². The van der Waals surface area contributed by atoms with Crippen molar-refractivity contribution in [2.45, 2.75) is 12.5 Å². The lowest BCUT2D eigenvalue weighted by Gasteiger charge is -2.19. The zero-order valence-electron chi connectivity index (χ0n) is 15.5. The molecule has 142 valence electrons. The predicted molar refractivity (Wildman–Crippen MR) is 110 cm³/mol. The second kappa shape index (κ2) is 9.37. The molecule has 0 bridgehead atoms. The topological polar surface area (TPSA) is 84.2 Å². The van der Waals surface area contributed by atoms with Gasteiger partial charge in [0.25, 0.3) is 5.91 Å². The third kappa shape index (κ3) is 5.20. The molecular weight excluding hydrogens is 350 g/mol. The molecule has 3 aromatic rings. The number of hydrogen-bond acceptors (Lipinski definition) is 2. The standard InChI is InChI=1S/C23H23N3O2/c24-23(28)26-15-17-11-13-20(14-12-17)22(27)25-16-21(18-7-3-1-4-8-18)19-9-5-2-6-10-19/h1-14,21H,15-16H2,(H,25,27)(H3,24,26,28). The Labute approximate surface area is 164 Å². The Morgan fingerprint density at radius 2 is 1.29 bits per heavy atom. The second-order valence-electron chi connectivity index (χ2n) is 6.50. The lowest BCUT2D eigenvalue weighted by atomic mass is 9.91. The van der Waals surface area contributed by atoms with Gasteiger partial charge in [-0.25, -0.2) is 4.79 Å². The van der Waals surface area contributed by atoms with Crippen LogP contribution in [0.2, 0.25) is 0 Å². The van der Waals surface area contributed by atoms with Crippen LogP contribution in [0.3, 0.4) is 0 Å². The molecule has 3 amide bonds. The van der Waals surface area contributed by atoms with E-state index in [1.165, 1.54) is 0 Å². The summed E-state index contributed by atoms with van der Waals surface area (Å²) < 4.78 is 0. The van der Waals surface area contributed by atoms with E-state index in [1.54, 1.807) is 24.3 Å². The summed E-state index contributed by atoms with van der Waals surface area (Å²) in [5, 5.41) is 5.56. The number of benzene rings is 3. The van der Waals surface area contributed by atoms with Gasteiger partial charge >= 0.3 is 6.03 Å². The van der Waals surface area contributed by atoms with Crippen LogP contribution in [-0.2, 0) is 6.54 Å². The molecule has 0 fully saturated rings. The van der Waals surface area contributed by atoms with Crippen molar-refractivity contribution in [1.29, 1.82) is 0 Å². The van der Waals surface area contributed by atoms with Crippen molar-refractivity contribution in [1.82, 2.24) is 10.6 Å². The highest BCUT2D eigenvalue weighted by atomic mass is 16.2. The van der Waals surface area contributed by atoms with Crippen LogP contribution in [-0.4, -0.2) is 18.5 Å². The number of carbonyl (C=O) groups is 2. The minimum absolute atomic E-state index is 0.0744. The predicted octanol–water partition coefficient (Wildman–Crippen LogP) is 3.42. The van der Waals surface area contributed by atoms with E-state index in [-0.39, 0.29) is 11.8 Å². The fourth-order valence-corrected chi connectivity index (χ4v) is 3.06. The number of hydrogen-bond donors (Lipinski definition) is 3. The molecule has 0 aliphatic rings. The van der Waals surface area contributed by atoms with Crippen LogP contribution in [0.4, 0.5) is 4.79 Å². The summed E-state index contributed by atoms with van der Waals surface area (Å²) in [4.78, 5) is 23.4. The number of amides is 3. The average Bonchev–Trinajstić information content (AvgIpc) is 2.74. The van der Waals surface area contributed by atoms with E-state index in [0.717, 1.165) is 16.7 Å². The summed E-state index contributed by atoms with van der Waals surface area (Å²) in [7, 11) is 0. The molecule has 0 saturated carbocycles. The first-order valence-corrected chi connectivity index (χ1v) is 9.14. The van der Waals surface area contributed by atoms with Crippen LogP contribution in [0.1, 0.15) is 33.0 Å². The van der Waals surface area contributed by atoms with Crippen LogP contribution >= 0.6 is 0 Å². The second-order valence-corrected chi connectivity index (χ2v) is 6.50. The fraction of sp³-hybridized carbons (Fsp3) is 0.130. The Morgan fingerprint density at radius 3 is 1.79 bits per heavy atom. The van der Waals surface area contributed by atoms with Crippen molar-refractivity contribution in [2.75, 3.05) is 6.54 Å². The van der Waals surface area contributed by atoms with Crippen molar-refractivity contribution in [3.63, 3.8) is 0 Å². The molecule has 4 N–H and O–H groups in total. The summed E-state index contributed by atoms with van der Waals surface area (Å²) in [5.41, 5.74) is 8.83. The molecule has 3 rings (SSSR count). The van der Waals surface area contributed by atoms with Gasteiger partial charge in [-0.15, -0.1) is 0 Å². The first kappa shape index (κ1) is 19.2. The third-order valence-electron chi connectivity index (χ3n) is 4.55. The van der Waals surface area contributed by atoms with Gasteiger partial charge < -0.3 is 16.4 Å². The lowest BCUT2D eigenvalue weighted by Crippen LogP contribution is -2.29. The molecule has 0 spiro atoms. The van der Waals surface area contributed by atoms with Crippen LogP contribution in [0.25, 0.3) is 0 Å². The normalized spacial score (nSPS) is 10.5. The zero-order valence-corrected chi connectivity index (χ0v) is 15.5. The summed E-state index contributed by atoms with van der Waals surface area (Å²) in [6, 6.07) is 26.8. The van der Waals surface area contributed by atoms with Gasteiger partial charge in [0.2, 0.25) is 0 Å². The number of nitrogens with one attached hydrogen (secondary N) is 2. The van der Waals surface area contributed by atoms with Crippen LogP contribution in [0, 0.1) is 0 Å². The average molecular weight is 373 g/mol. The van der Waals surface area contributed by atoms with Gasteiger partial charge in [0.15, 0.2) is 0 Å². The maximum atomic E-state index is 12.6. The Bertz CT molecular complexity index is 870. The van der Waals surface area contributed by atoms with Gasteiger partial charge in [0, 0.05) is 24.6 Å². The zero-order chi connectivity index (χ0) is 19.8. The molecule has 0 saturated heterocycles. The lowest BCUT2D eigenvalue weighted by molar-refractivity contribution is 0.0952. The van der Waals surface area contributed by atoms with E-state index in [1.807, 2.05) is 36.4 Å². The Kier molecular flexibility index (Phi) is 6.41. The molecule has 0 aromatic heterocycles. The van der Waals surface area contributed by atoms with E-state index < -0.39 is 6.03 Å². The molecule has 0 aliphatic heterocycles. The minimum atomic E-state index is -0.574. The molecule has 0 unspecified atom stereocenters. The molecule has 0 aliphatic carbocycles. The van der Waals surface area contributed by atoms with Crippen LogP contribution in [0.15, 0.2) is 84.9 Å². The monoisotopic (exact) mass is 373 g/mol. The van der Waals surface area contributed by atoms with Crippen LogP contribution in [0.5, 0.6) is 0 Å². The summed E-state index contributed by atoms with van der Waals surface area (Å²) in [5.74, 6) is -0.0586. The summed E-state index contributed by atoms with van der Waals surface area (Å²) in [6.45, 7) is 0.833. The molecule has 5 nitrogen and oxygen atoms in total. The number of carbonyl (C=O) groups excluding carboxylic acids is 2. The van der Waals surface area contributed by atoms with E-state index in [9.17, 15) is 9.59 Å². The van der Waals surface area contributed by atoms with Crippen molar-refractivity contribution < 1.29 is 9.59 Å². The first-order chi connectivity index (χ1) is 13.6. The van der Waals surface area contributed by atoms with Gasteiger partial charge in [-0.05, 0) is 28.8 Å². The largest absolute Gasteiger partial charge is 0.352 e. The molecule has 28 heavy (non-hydrogen) atoms. The highest BCUT2D eigenvalue weighted by Crippen LogP contribution is 2.23. The summed E-state index contributed by atoms with van der Waals surface area (Å²) >= 11 is 0. The molecule has 0 radical (unpaired) electrons. The molecular formula is C23H23N3O2. The Morgan fingerprint density at radius 1 is 0.750 bits per heavy atom. The van der Waals surface area contributed by atoms with Gasteiger partial charge in [-0.3, -0.25) is 4.79 Å². The number of nitrogens with two attached hydrogens (primary N) is 1. The summed E-state index contributed by atoms with van der Waals surface area (Å²) in [6.07, 6.45) is 0. The molecule has 0 atom stereocenters. The van der Waals surface area contributed by atoms with Crippen molar-refractivity contribution in [3.8, 4) is 0 Å².